The molecule has 26 heavy (non-hydrogen) atoms. The Morgan fingerprint density at radius 3 is 1.73 bits per heavy atom. The fraction of sp³-hybridized carbons (Fsp3) is 1.00. The van der Waals surface area contributed by atoms with Crippen LogP contribution in [-0.2, 0) is 0 Å². The highest BCUT2D eigenvalue weighted by Gasteiger charge is 2.29. The second-order valence-electron chi connectivity index (χ2n) is 9.99. The van der Waals surface area contributed by atoms with Gasteiger partial charge in [-0.25, -0.2) is 0 Å². The molecule has 0 heterocycles. The van der Waals surface area contributed by atoms with Crippen molar-refractivity contribution in [1.82, 2.24) is 0 Å². The van der Waals surface area contributed by atoms with Gasteiger partial charge in [0.1, 0.15) is 0 Å². The van der Waals surface area contributed by atoms with Crippen molar-refractivity contribution in [2.75, 3.05) is 0 Å². The summed E-state index contributed by atoms with van der Waals surface area (Å²) in [5.41, 5.74) is 0. The molecule has 7 unspecified atom stereocenters. The quantitative estimate of drug-likeness (QED) is 0.268. The van der Waals surface area contributed by atoms with Crippen LogP contribution in [0.4, 0.5) is 0 Å². The van der Waals surface area contributed by atoms with E-state index < -0.39 is 0 Å². The van der Waals surface area contributed by atoms with E-state index >= 15 is 0 Å². The highest BCUT2D eigenvalue weighted by atomic mass is 32.1. The standard InChI is InChI=1S/C25H52S/c1-10-13-21(8)25(20(7)11-2)22(9)16-19(6)17-24(26)23(12-3)15-14-18(4)5/h18-26H,10-17H2,1-9H3. The molecule has 0 aliphatic carbocycles. The Morgan fingerprint density at radius 2 is 1.27 bits per heavy atom. The molecule has 0 nitrogen and oxygen atoms in total. The first-order valence-corrected chi connectivity index (χ1v) is 12.4. The van der Waals surface area contributed by atoms with E-state index in [-0.39, 0.29) is 0 Å². The summed E-state index contributed by atoms with van der Waals surface area (Å²) < 4.78 is 0. The van der Waals surface area contributed by atoms with Gasteiger partial charge >= 0.3 is 0 Å². The van der Waals surface area contributed by atoms with Gasteiger partial charge in [0, 0.05) is 5.25 Å². The van der Waals surface area contributed by atoms with Crippen LogP contribution in [-0.4, -0.2) is 5.25 Å². The fourth-order valence-corrected chi connectivity index (χ4v) is 6.03. The molecule has 0 amide bonds. The van der Waals surface area contributed by atoms with Crippen molar-refractivity contribution in [3.05, 3.63) is 0 Å². The number of thiol groups is 1. The molecule has 7 atom stereocenters. The fourth-order valence-electron chi connectivity index (χ4n) is 5.31. The molecule has 158 valence electrons. The maximum Gasteiger partial charge on any atom is 0.00475 e. The van der Waals surface area contributed by atoms with Gasteiger partial charge in [-0.3, -0.25) is 0 Å². The minimum Gasteiger partial charge on any atom is -0.176 e. The Morgan fingerprint density at radius 1 is 0.654 bits per heavy atom. The summed E-state index contributed by atoms with van der Waals surface area (Å²) in [6, 6.07) is 0. The minimum absolute atomic E-state index is 0.580. The normalized spacial score (nSPS) is 20.4. The highest BCUT2D eigenvalue weighted by molar-refractivity contribution is 7.81. The molecule has 0 rings (SSSR count). The van der Waals surface area contributed by atoms with Gasteiger partial charge in [-0.15, -0.1) is 0 Å². The van der Waals surface area contributed by atoms with Crippen molar-refractivity contribution in [3.8, 4) is 0 Å². The molecule has 0 aliphatic rings. The minimum atomic E-state index is 0.580. The molecule has 0 N–H and O–H groups in total. The van der Waals surface area contributed by atoms with Crippen molar-refractivity contribution in [3.63, 3.8) is 0 Å². The van der Waals surface area contributed by atoms with Gasteiger partial charge in [-0.2, -0.15) is 12.6 Å². The summed E-state index contributed by atoms with van der Waals surface area (Å²) in [5, 5.41) is 0.580. The maximum atomic E-state index is 5.05. The zero-order chi connectivity index (χ0) is 20.3. The van der Waals surface area contributed by atoms with E-state index in [4.69, 9.17) is 12.6 Å². The Balaban J connectivity index is 4.70. The Labute approximate surface area is 173 Å². The number of hydrogen-bond donors (Lipinski definition) is 1. The van der Waals surface area contributed by atoms with Crippen LogP contribution in [0.25, 0.3) is 0 Å². The molecule has 0 bridgehead atoms. The molecular formula is C25H52S. The monoisotopic (exact) mass is 384 g/mol. The summed E-state index contributed by atoms with van der Waals surface area (Å²) in [7, 11) is 0. The molecule has 0 saturated heterocycles. The molecule has 0 saturated carbocycles. The molecule has 0 radical (unpaired) electrons. The summed E-state index contributed by atoms with van der Waals surface area (Å²) in [6.07, 6.45) is 10.7. The van der Waals surface area contributed by atoms with E-state index in [1.54, 1.807) is 0 Å². The second kappa shape index (κ2) is 14.4. The molecular weight excluding hydrogens is 332 g/mol. The van der Waals surface area contributed by atoms with E-state index in [0.717, 1.165) is 41.4 Å². The number of rotatable bonds is 15. The van der Waals surface area contributed by atoms with E-state index in [9.17, 15) is 0 Å². The third kappa shape index (κ3) is 10.0. The van der Waals surface area contributed by atoms with Crippen LogP contribution in [0.5, 0.6) is 0 Å². The van der Waals surface area contributed by atoms with Crippen LogP contribution < -0.4 is 0 Å². The van der Waals surface area contributed by atoms with Crippen LogP contribution in [0.1, 0.15) is 114 Å². The lowest BCUT2D eigenvalue weighted by atomic mass is 9.70. The largest absolute Gasteiger partial charge is 0.176 e. The lowest BCUT2D eigenvalue weighted by Crippen LogP contribution is -2.28. The van der Waals surface area contributed by atoms with Gasteiger partial charge in [-0.05, 0) is 60.7 Å². The summed E-state index contributed by atoms with van der Waals surface area (Å²) in [6.45, 7) is 21.7. The zero-order valence-electron chi connectivity index (χ0n) is 19.7. The van der Waals surface area contributed by atoms with Crippen LogP contribution in [0.15, 0.2) is 0 Å². The molecule has 0 spiro atoms. The summed E-state index contributed by atoms with van der Waals surface area (Å²) >= 11 is 5.05. The van der Waals surface area contributed by atoms with Crippen LogP contribution in [0, 0.1) is 41.4 Å². The van der Waals surface area contributed by atoms with Crippen molar-refractivity contribution in [2.24, 2.45) is 41.4 Å². The van der Waals surface area contributed by atoms with Crippen molar-refractivity contribution < 1.29 is 0 Å². The van der Waals surface area contributed by atoms with Crippen LogP contribution in [0.3, 0.4) is 0 Å². The maximum absolute atomic E-state index is 5.05. The van der Waals surface area contributed by atoms with Gasteiger partial charge in [0.05, 0.1) is 0 Å². The van der Waals surface area contributed by atoms with Gasteiger partial charge in [0.25, 0.3) is 0 Å². The van der Waals surface area contributed by atoms with E-state index in [1.165, 1.54) is 51.4 Å². The molecule has 0 aromatic heterocycles. The molecule has 0 aromatic carbocycles. The predicted octanol–water partition coefficient (Wildman–Crippen LogP) is 8.90. The van der Waals surface area contributed by atoms with Crippen molar-refractivity contribution in [1.29, 1.82) is 0 Å². The Bertz CT molecular complexity index is 324. The summed E-state index contributed by atoms with van der Waals surface area (Å²) in [5.74, 6) is 5.82. The first-order valence-electron chi connectivity index (χ1n) is 11.9. The molecule has 0 aromatic rings. The van der Waals surface area contributed by atoms with Crippen molar-refractivity contribution >= 4 is 12.6 Å². The third-order valence-electron chi connectivity index (χ3n) is 6.96. The van der Waals surface area contributed by atoms with Crippen LogP contribution >= 0.6 is 12.6 Å². The second-order valence-corrected chi connectivity index (χ2v) is 10.7. The first-order chi connectivity index (χ1) is 12.2. The average Bonchev–Trinajstić information content (AvgIpc) is 2.54. The smallest absolute Gasteiger partial charge is 0.00475 e. The van der Waals surface area contributed by atoms with E-state index in [0.29, 0.717) is 5.25 Å². The zero-order valence-corrected chi connectivity index (χ0v) is 20.6. The van der Waals surface area contributed by atoms with Gasteiger partial charge in [-0.1, -0.05) is 94.4 Å². The number of hydrogen-bond acceptors (Lipinski definition) is 1. The average molecular weight is 385 g/mol. The molecule has 0 fully saturated rings. The van der Waals surface area contributed by atoms with E-state index in [2.05, 4.69) is 62.3 Å². The Kier molecular flexibility index (Phi) is 14.6. The SMILES string of the molecule is CCCC(C)C(C(C)CC)C(C)CC(C)CC(S)C(CC)CCC(C)C. The van der Waals surface area contributed by atoms with Crippen molar-refractivity contribution in [2.45, 2.75) is 119 Å². The van der Waals surface area contributed by atoms with Gasteiger partial charge in [0.15, 0.2) is 0 Å². The lowest BCUT2D eigenvalue weighted by Gasteiger charge is -2.36. The Hall–Kier alpha value is 0.350. The van der Waals surface area contributed by atoms with Crippen LogP contribution in [0.2, 0.25) is 0 Å². The third-order valence-corrected chi connectivity index (χ3v) is 7.59. The highest BCUT2D eigenvalue weighted by Crippen LogP contribution is 2.38. The first kappa shape index (κ1) is 26.4. The molecule has 0 aliphatic heterocycles. The van der Waals surface area contributed by atoms with E-state index in [1.807, 2.05) is 0 Å². The summed E-state index contributed by atoms with van der Waals surface area (Å²) in [4.78, 5) is 0. The lowest BCUT2D eigenvalue weighted by molar-refractivity contribution is 0.141. The van der Waals surface area contributed by atoms with Gasteiger partial charge in [0.2, 0.25) is 0 Å². The predicted molar refractivity (Wildman–Crippen MR) is 125 cm³/mol. The topological polar surface area (TPSA) is 0 Å². The molecule has 1 heteroatoms. The van der Waals surface area contributed by atoms with Gasteiger partial charge < -0.3 is 0 Å².